The van der Waals surface area contributed by atoms with E-state index in [9.17, 15) is 0 Å². The van der Waals surface area contributed by atoms with Crippen molar-refractivity contribution in [3.63, 3.8) is 0 Å². The van der Waals surface area contributed by atoms with E-state index in [4.69, 9.17) is 23.2 Å². The SMILES string of the molecule is C=C(C(C)C)C(CNC(C)C)c1ccc(Cl)cc1Cl. The minimum atomic E-state index is 0.215. The molecule has 0 aromatic heterocycles. The standard InChI is InChI=1S/C16H23Cl2N/c1-10(2)12(5)15(9-19-11(3)4)14-7-6-13(17)8-16(14)18/h6-8,10-11,15,19H,5,9H2,1-4H3. The fourth-order valence-corrected chi connectivity index (χ4v) is 2.52. The number of hydrogen-bond donors (Lipinski definition) is 1. The quantitative estimate of drug-likeness (QED) is 0.704. The summed E-state index contributed by atoms with van der Waals surface area (Å²) in [6, 6.07) is 6.13. The summed E-state index contributed by atoms with van der Waals surface area (Å²) in [5.74, 6) is 0.637. The first-order chi connectivity index (χ1) is 8.82. The van der Waals surface area contributed by atoms with Gasteiger partial charge in [-0.3, -0.25) is 0 Å². The molecule has 1 rings (SSSR count). The Morgan fingerprint density at radius 2 is 1.84 bits per heavy atom. The molecule has 0 saturated heterocycles. The van der Waals surface area contributed by atoms with Gasteiger partial charge in [0.05, 0.1) is 0 Å². The molecule has 1 aromatic carbocycles. The third kappa shape index (κ3) is 4.83. The predicted molar refractivity (Wildman–Crippen MR) is 86.3 cm³/mol. The minimum absolute atomic E-state index is 0.215. The van der Waals surface area contributed by atoms with E-state index in [0.29, 0.717) is 22.0 Å². The molecule has 0 saturated carbocycles. The molecule has 1 atom stereocenters. The Morgan fingerprint density at radius 3 is 2.32 bits per heavy atom. The number of benzene rings is 1. The second-order valence-electron chi connectivity index (χ2n) is 5.51. The Balaban J connectivity index is 3.04. The van der Waals surface area contributed by atoms with Crippen molar-refractivity contribution in [2.45, 2.75) is 39.7 Å². The molecule has 19 heavy (non-hydrogen) atoms. The van der Waals surface area contributed by atoms with E-state index in [2.05, 4.69) is 39.6 Å². The van der Waals surface area contributed by atoms with E-state index in [1.54, 1.807) is 6.07 Å². The van der Waals surface area contributed by atoms with Gasteiger partial charge in [-0.25, -0.2) is 0 Å². The Hall–Kier alpha value is -0.500. The molecule has 3 heteroatoms. The smallest absolute Gasteiger partial charge is 0.0459 e. The van der Waals surface area contributed by atoms with Crippen molar-refractivity contribution in [1.82, 2.24) is 5.32 Å². The molecule has 0 aliphatic rings. The first-order valence-corrected chi connectivity index (χ1v) is 7.45. The first kappa shape index (κ1) is 16.6. The lowest BCUT2D eigenvalue weighted by atomic mass is 9.85. The van der Waals surface area contributed by atoms with Crippen molar-refractivity contribution in [1.29, 1.82) is 0 Å². The monoisotopic (exact) mass is 299 g/mol. The van der Waals surface area contributed by atoms with Crippen LogP contribution in [0.15, 0.2) is 30.4 Å². The van der Waals surface area contributed by atoms with Gasteiger partial charge in [0.1, 0.15) is 0 Å². The highest BCUT2D eigenvalue weighted by molar-refractivity contribution is 6.35. The van der Waals surface area contributed by atoms with E-state index in [1.807, 2.05) is 12.1 Å². The van der Waals surface area contributed by atoms with Gasteiger partial charge in [0.25, 0.3) is 0 Å². The van der Waals surface area contributed by atoms with Gasteiger partial charge >= 0.3 is 0 Å². The molecular weight excluding hydrogens is 277 g/mol. The van der Waals surface area contributed by atoms with Crippen LogP contribution in [0, 0.1) is 5.92 Å². The second-order valence-corrected chi connectivity index (χ2v) is 6.35. The Morgan fingerprint density at radius 1 is 1.21 bits per heavy atom. The predicted octanol–water partition coefficient (Wildman–Crippen LogP) is 5.29. The third-order valence-corrected chi connectivity index (χ3v) is 3.82. The average Bonchev–Trinajstić information content (AvgIpc) is 2.30. The van der Waals surface area contributed by atoms with Gasteiger partial charge in [0.2, 0.25) is 0 Å². The van der Waals surface area contributed by atoms with Gasteiger partial charge in [-0.1, -0.05) is 69.1 Å². The van der Waals surface area contributed by atoms with Crippen LogP contribution in [0.3, 0.4) is 0 Å². The molecule has 1 unspecified atom stereocenters. The van der Waals surface area contributed by atoms with E-state index < -0.39 is 0 Å². The summed E-state index contributed by atoms with van der Waals surface area (Å²) >= 11 is 12.3. The van der Waals surface area contributed by atoms with Gasteiger partial charge in [0, 0.05) is 28.5 Å². The molecule has 0 bridgehead atoms. The molecule has 1 N–H and O–H groups in total. The molecule has 0 amide bonds. The van der Waals surface area contributed by atoms with Crippen molar-refractivity contribution in [3.8, 4) is 0 Å². The maximum absolute atomic E-state index is 6.34. The van der Waals surface area contributed by atoms with Crippen LogP contribution in [0.4, 0.5) is 0 Å². The van der Waals surface area contributed by atoms with Crippen LogP contribution in [0.2, 0.25) is 10.0 Å². The van der Waals surface area contributed by atoms with Crippen LogP contribution in [0.1, 0.15) is 39.2 Å². The topological polar surface area (TPSA) is 12.0 Å². The highest BCUT2D eigenvalue weighted by atomic mass is 35.5. The molecule has 0 aliphatic heterocycles. The number of rotatable bonds is 6. The molecule has 1 aromatic rings. The van der Waals surface area contributed by atoms with Crippen molar-refractivity contribution in [3.05, 3.63) is 46.0 Å². The molecule has 0 spiro atoms. The van der Waals surface area contributed by atoms with Crippen molar-refractivity contribution >= 4 is 23.2 Å². The maximum atomic E-state index is 6.34. The normalized spacial score (nSPS) is 13.1. The molecular formula is C16H23Cl2N. The van der Waals surface area contributed by atoms with Crippen LogP contribution >= 0.6 is 23.2 Å². The Kier molecular flexibility index (Phi) is 6.38. The molecule has 0 fully saturated rings. The zero-order valence-corrected chi connectivity index (χ0v) is 13.6. The summed E-state index contributed by atoms with van der Waals surface area (Å²) in [6.45, 7) is 13.7. The van der Waals surface area contributed by atoms with Gasteiger partial charge in [-0.05, 0) is 23.6 Å². The van der Waals surface area contributed by atoms with Crippen LogP contribution < -0.4 is 5.32 Å². The van der Waals surface area contributed by atoms with Gasteiger partial charge < -0.3 is 5.32 Å². The third-order valence-electron chi connectivity index (χ3n) is 3.26. The largest absolute Gasteiger partial charge is 0.314 e. The lowest BCUT2D eigenvalue weighted by Crippen LogP contribution is -2.29. The summed E-state index contributed by atoms with van der Waals surface area (Å²) in [5, 5.41) is 4.85. The van der Waals surface area contributed by atoms with E-state index in [1.165, 1.54) is 5.57 Å². The number of halogens is 2. The molecule has 1 nitrogen and oxygen atoms in total. The fourth-order valence-electron chi connectivity index (χ4n) is 1.98. The summed E-state index contributed by atoms with van der Waals surface area (Å²) in [5.41, 5.74) is 2.29. The van der Waals surface area contributed by atoms with Crippen LogP contribution in [-0.4, -0.2) is 12.6 Å². The Labute approximate surface area is 127 Å². The second kappa shape index (κ2) is 7.33. The molecule has 0 aliphatic carbocycles. The van der Waals surface area contributed by atoms with E-state index >= 15 is 0 Å². The van der Waals surface area contributed by atoms with Gasteiger partial charge in [-0.2, -0.15) is 0 Å². The van der Waals surface area contributed by atoms with Crippen LogP contribution in [-0.2, 0) is 0 Å². The van der Waals surface area contributed by atoms with Crippen molar-refractivity contribution in [2.75, 3.05) is 6.54 Å². The van der Waals surface area contributed by atoms with Crippen LogP contribution in [0.5, 0.6) is 0 Å². The van der Waals surface area contributed by atoms with Crippen molar-refractivity contribution in [2.24, 2.45) is 5.92 Å². The highest BCUT2D eigenvalue weighted by Crippen LogP contribution is 2.34. The molecule has 0 heterocycles. The number of nitrogens with one attached hydrogen (secondary N) is 1. The lowest BCUT2D eigenvalue weighted by molar-refractivity contribution is 0.535. The number of hydrogen-bond acceptors (Lipinski definition) is 1. The zero-order chi connectivity index (χ0) is 14.6. The molecule has 106 valence electrons. The minimum Gasteiger partial charge on any atom is -0.314 e. The van der Waals surface area contributed by atoms with Crippen molar-refractivity contribution < 1.29 is 0 Å². The molecule has 0 radical (unpaired) electrons. The van der Waals surface area contributed by atoms with E-state index in [-0.39, 0.29) is 5.92 Å². The van der Waals surface area contributed by atoms with Crippen LogP contribution in [0.25, 0.3) is 0 Å². The van der Waals surface area contributed by atoms with Gasteiger partial charge in [0.15, 0.2) is 0 Å². The Bertz CT molecular complexity index is 438. The first-order valence-electron chi connectivity index (χ1n) is 6.70. The summed E-state index contributed by atoms with van der Waals surface area (Å²) in [4.78, 5) is 0. The maximum Gasteiger partial charge on any atom is 0.0459 e. The lowest BCUT2D eigenvalue weighted by Gasteiger charge is -2.25. The summed E-state index contributed by atoms with van der Waals surface area (Å²) in [6.07, 6.45) is 0. The summed E-state index contributed by atoms with van der Waals surface area (Å²) in [7, 11) is 0. The fraction of sp³-hybridized carbons (Fsp3) is 0.500. The van der Waals surface area contributed by atoms with E-state index in [0.717, 1.165) is 12.1 Å². The summed E-state index contributed by atoms with van der Waals surface area (Å²) < 4.78 is 0. The zero-order valence-electron chi connectivity index (χ0n) is 12.1. The highest BCUT2D eigenvalue weighted by Gasteiger charge is 2.20. The van der Waals surface area contributed by atoms with Gasteiger partial charge in [-0.15, -0.1) is 0 Å². The average molecular weight is 300 g/mol.